The van der Waals surface area contributed by atoms with E-state index in [0.717, 1.165) is 11.7 Å². The van der Waals surface area contributed by atoms with Gasteiger partial charge in [0.1, 0.15) is 0 Å². The van der Waals surface area contributed by atoms with E-state index < -0.39 is 0 Å². The summed E-state index contributed by atoms with van der Waals surface area (Å²) in [6, 6.07) is 0. The van der Waals surface area contributed by atoms with Crippen LogP contribution in [0.15, 0.2) is 11.3 Å². The molecule has 0 amide bonds. The maximum atomic E-state index is 5.02. The number of hydrogen-bond acceptors (Lipinski definition) is 1. The van der Waals surface area contributed by atoms with Gasteiger partial charge in [-0.1, -0.05) is 0 Å². The Bertz CT molecular complexity index is 220. The zero-order valence-corrected chi connectivity index (χ0v) is 7.26. The molecule has 1 aliphatic carbocycles. The zero-order valence-electron chi connectivity index (χ0n) is 6.44. The Balaban J connectivity index is 2.18. The third-order valence-corrected chi connectivity index (χ3v) is 2.56. The Hall–Kier alpha value is -0.570. The Morgan fingerprint density at radius 1 is 1.18 bits per heavy atom. The van der Waals surface area contributed by atoms with Crippen LogP contribution in [-0.4, -0.2) is 11.7 Å². The summed E-state index contributed by atoms with van der Waals surface area (Å²) in [5, 5.41) is 7.16. The molecule has 0 saturated heterocycles. The van der Waals surface area contributed by atoms with Gasteiger partial charge in [-0.15, -0.1) is 0 Å². The van der Waals surface area contributed by atoms with Crippen molar-refractivity contribution in [1.82, 2.24) is 10.6 Å². The van der Waals surface area contributed by atoms with Crippen LogP contribution in [0.4, 0.5) is 0 Å². The van der Waals surface area contributed by atoms with Crippen LogP contribution in [0.25, 0.3) is 0 Å². The van der Waals surface area contributed by atoms with Crippen molar-refractivity contribution in [3.8, 4) is 0 Å². The SMILES string of the molecule is S=C1NCC2=C(CCCC2)N1. The summed E-state index contributed by atoms with van der Waals surface area (Å²) in [4.78, 5) is 0. The average Bonchev–Trinajstić information content (AvgIpc) is 2.04. The van der Waals surface area contributed by atoms with Gasteiger partial charge in [-0.3, -0.25) is 0 Å². The third kappa shape index (κ3) is 1.38. The first-order valence-electron chi connectivity index (χ1n) is 4.12. The Kier molecular flexibility index (Phi) is 1.82. The van der Waals surface area contributed by atoms with Crippen LogP contribution in [0.3, 0.4) is 0 Å². The molecule has 1 heterocycles. The van der Waals surface area contributed by atoms with E-state index in [1.165, 1.54) is 37.0 Å². The fourth-order valence-electron chi connectivity index (χ4n) is 1.68. The summed E-state index contributed by atoms with van der Waals surface area (Å²) in [6.45, 7) is 0.973. The average molecular weight is 168 g/mol. The molecule has 3 heteroatoms. The molecule has 0 fully saturated rings. The van der Waals surface area contributed by atoms with E-state index in [-0.39, 0.29) is 0 Å². The van der Waals surface area contributed by atoms with Gasteiger partial charge in [0.2, 0.25) is 0 Å². The molecule has 0 aromatic rings. The summed E-state index contributed by atoms with van der Waals surface area (Å²) in [5.74, 6) is 0. The smallest absolute Gasteiger partial charge is 0.170 e. The molecule has 0 saturated carbocycles. The first-order valence-corrected chi connectivity index (χ1v) is 4.53. The summed E-state index contributed by atoms with van der Waals surface area (Å²) < 4.78 is 0. The van der Waals surface area contributed by atoms with Crippen LogP contribution in [0.5, 0.6) is 0 Å². The molecule has 0 atom stereocenters. The Labute approximate surface area is 72.1 Å². The molecular weight excluding hydrogens is 156 g/mol. The molecule has 0 radical (unpaired) electrons. The Morgan fingerprint density at radius 3 is 2.91 bits per heavy atom. The highest BCUT2D eigenvalue weighted by atomic mass is 32.1. The molecule has 0 aromatic heterocycles. The summed E-state index contributed by atoms with van der Waals surface area (Å²) in [5.41, 5.74) is 2.92. The lowest BCUT2D eigenvalue weighted by Crippen LogP contribution is -2.42. The van der Waals surface area contributed by atoms with Crippen molar-refractivity contribution in [2.45, 2.75) is 25.7 Å². The normalized spacial score (nSPS) is 23.8. The highest BCUT2D eigenvalue weighted by Gasteiger charge is 2.17. The van der Waals surface area contributed by atoms with Crippen LogP contribution >= 0.6 is 12.2 Å². The van der Waals surface area contributed by atoms with Crippen molar-refractivity contribution in [3.63, 3.8) is 0 Å². The van der Waals surface area contributed by atoms with Crippen LogP contribution < -0.4 is 10.6 Å². The highest BCUT2D eigenvalue weighted by Crippen LogP contribution is 2.23. The van der Waals surface area contributed by atoms with Crippen molar-refractivity contribution in [3.05, 3.63) is 11.3 Å². The second kappa shape index (κ2) is 2.81. The van der Waals surface area contributed by atoms with Crippen molar-refractivity contribution in [2.75, 3.05) is 6.54 Å². The van der Waals surface area contributed by atoms with Crippen molar-refractivity contribution in [2.24, 2.45) is 0 Å². The van der Waals surface area contributed by atoms with E-state index in [9.17, 15) is 0 Å². The second-order valence-electron chi connectivity index (χ2n) is 3.10. The molecule has 0 aromatic carbocycles. The van der Waals surface area contributed by atoms with Crippen molar-refractivity contribution in [1.29, 1.82) is 0 Å². The van der Waals surface area contributed by atoms with Gasteiger partial charge in [0.05, 0.1) is 0 Å². The highest BCUT2D eigenvalue weighted by molar-refractivity contribution is 7.80. The van der Waals surface area contributed by atoms with Gasteiger partial charge in [-0.05, 0) is 43.5 Å². The minimum absolute atomic E-state index is 0.797. The monoisotopic (exact) mass is 168 g/mol. The van der Waals surface area contributed by atoms with Gasteiger partial charge < -0.3 is 10.6 Å². The van der Waals surface area contributed by atoms with Crippen LogP contribution in [-0.2, 0) is 0 Å². The number of nitrogens with one attached hydrogen (secondary N) is 2. The Morgan fingerprint density at radius 2 is 2.00 bits per heavy atom. The van der Waals surface area contributed by atoms with Crippen LogP contribution in [0.1, 0.15) is 25.7 Å². The molecule has 2 nitrogen and oxygen atoms in total. The van der Waals surface area contributed by atoms with E-state index >= 15 is 0 Å². The molecule has 2 aliphatic rings. The molecule has 0 bridgehead atoms. The van der Waals surface area contributed by atoms with E-state index in [1.54, 1.807) is 0 Å². The van der Waals surface area contributed by atoms with Gasteiger partial charge in [-0.25, -0.2) is 0 Å². The van der Waals surface area contributed by atoms with E-state index in [0.29, 0.717) is 0 Å². The minimum Gasteiger partial charge on any atom is -0.359 e. The fraction of sp³-hybridized carbons (Fsp3) is 0.625. The molecule has 2 rings (SSSR count). The van der Waals surface area contributed by atoms with E-state index in [2.05, 4.69) is 10.6 Å². The predicted molar refractivity (Wildman–Crippen MR) is 49.2 cm³/mol. The number of thiocarbonyl (C=S) groups is 1. The van der Waals surface area contributed by atoms with Crippen molar-refractivity contribution >= 4 is 17.3 Å². The van der Waals surface area contributed by atoms with Crippen LogP contribution in [0.2, 0.25) is 0 Å². The van der Waals surface area contributed by atoms with E-state index in [1.807, 2.05) is 0 Å². The van der Waals surface area contributed by atoms with Gasteiger partial charge >= 0.3 is 0 Å². The quantitative estimate of drug-likeness (QED) is 0.533. The first-order chi connectivity index (χ1) is 5.36. The lowest BCUT2D eigenvalue weighted by atomic mass is 9.95. The largest absolute Gasteiger partial charge is 0.359 e. The topological polar surface area (TPSA) is 24.1 Å². The maximum Gasteiger partial charge on any atom is 0.170 e. The number of allylic oxidation sites excluding steroid dienone is 1. The predicted octanol–water partition coefficient (Wildman–Crippen LogP) is 1.29. The summed E-state index contributed by atoms with van der Waals surface area (Å²) >= 11 is 5.02. The summed E-state index contributed by atoms with van der Waals surface area (Å²) in [6.07, 6.45) is 5.10. The van der Waals surface area contributed by atoms with Gasteiger partial charge in [-0.2, -0.15) is 0 Å². The van der Waals surface area contributed by atoms with Gasteiger partial charge in [0.15, 0.2) is 5.11 Å². The standard InChI is InChI=1S/C8H12N2S/c11-8-9-5-6-3-1-2-4-7(6)10-8/h1-5H2,(H2,9,10,11). The van der Waals surface area contributed by atoms with Gasteiger partial charge in [0, 0.05) is 12.2 Å². The second-order valence-corrected chi connectivity index (χ2v) is 3.51. The fourth-order valence-corrected chi connectivity index (χ4v) is 1.88. The molecule has 1 aliphatic heterocycles. The number of rotatable bonds is 0. The van der Waals surface area contributed by atoms with Crippen LogP contribution in [0, 0.1) is 0 Å². The molecule has 11 heavy (non-hydrogen) atoms. The molecule has 0 spiro atoms. The lowest BCUT2D eigenvalue weighted by Gasteiger charge is -2.27. The van der Waals surface area contributed by atoms with Gasteiger partial charge in [0.25, 0.3) is 0 Å². The third-order valence-electron chi connectivity index (χ3n) is 2.31. The number of hydrogen-bond donors (Lipinski definition) is 2. The first kappa shape index (κ1) is 7.10. The van der Waals surface area contributed by atoms with Crippen molar-refractivity contribution < 1.29 is 0 Å². The molecule has 0 unspecified atom stereocenters. The lowest BCUT2D eigenvalue weighted by molar-refractivity contribution is 0.619. The molecular formula is C8H12N2S. The van der Waals surface area contributed by atoms with E-state index in [4.69, 9.17) is 12.2 Å². The molecule has 2 N–H and O–H groups in total. The molecule has 60 valence electrons. The maximum absolute atomic E-state index is 5.02. The zero-order chi connectivity index (χ0) is 7.68. The minimum atomic E-state index is 0.797. The summed E-state index contributed by atoms with van der Waals surface area (Å²) in [7, 11) is 0.